The van der Waals surface area contributed by atoms with Gasteiger partial charge in [0.15, 0.2) is 5.56 Å². The first-order valence-corrected chi connectivity index (χ1v) is 11.6. The van der Waals surface area contributed by atoms with Crippen molar-refractivity contribution in [2.24, 2.45) is 5.92 Å². The van der Waals surface area contributed by atoms with Crippen molar-refractivity contribution in [1.29, 1.82) is 0 Å². The van der Waals surface area contributed by atoms with Crippen LogP contribution >= 0.6 is 0 Å². The summed E-state index contributed by atoms with van der Waals surface area (Å²) in [4.78, 5) is 40.5. The smallest absolute Gasteiger partial charge is 0.270 e. The Morgan fingerprint density at radius 1 is 1.24 bits per heavy atom. The minimum atomic E-state index is -0.593. The largest absolute Gasteiger partial charge is 0.492 e. The van der Waals surface area contributed by atoms with Crippen LogP contribution in [0.25, 0.3) is 11.7 Å². The number of hydrogen-bond acceptors (Lipinski definition) is 6. The summed E-state index contributed by atoms with van der Waals surface area (Å²) >= 11 is 0. The maximum atomic E-state index is 13.3. The highest BCUT2D eigenvalue weighted by molar-refractivity contribution is 5.97. The zero-order valence-electron chi connectivity index (χ0n) is 18.9. The number of carbonyl (C=O) groups excluding carboxylic acids is 2. The monoisotopic (exact) mass is 455 g/mol. The number of likely N-dealkylation sites (tertiary alicyclic amines) is 1. The molecule has 3 fully saturated rings. The van der Waals surface area contributed by atoms with Gasteiger partial charge < -0.3 is 20.1 Å². The lowest BCUT2D eigenvalue weighted by molar-refractivity contribution is -0.134. The molecule has 3 aliphatic rings. The molecule has 2 bridgehead atoms. The van der Waals surface area contributed by atoms with E-state index in [4.69, 9.17) is 4.74 Å². The van der Waals surface area contributed by atoms with Crippen LogP contribution in [0.2, 0.25) is 0 Å². The molecule has 0 radical (unpaired) electrons. The molecule has 2 N–H and O–H groups in total. The number of hydrogen-bond donors (Lipinski definition) is 2. The van der Waals surface area contributed by atoms with Crippen LogP contribution < -0.4 is 10.9 Å². The van der Waals surface area contributed by atoms with E-state index in [9.17, 15) is 19.5 Å². The van der Waals surface area contributed by atoms with E-state index in [-0.39, 0.29) is 35.6 Å². The van der Waals surface area contributed by atoms with Gasteiger partial charge in [-0.05, 0) is 37.7 Å². The number of amides is 2. The van der Waals surface area contributed by atoms with E-state index in [1.807, 2.05) is 13.8 Å². The summed E-state index contributed by atoms with van der Waals surface area (Å²) in [6.45, 7) is 5.41. The van der Waals surface area contributed by atoms with Crippen molar-refractivity contribution >= 4 is 23.5 Å². The summed E-state index contributed by atoms with van der Waals surface area (Å²) in [5.41, 5.74) is -0.0197. The number of ether oxygens (including phenoxy) is 1. The van der Waals surface area contributed by atoms with Gasteiger partial charge >= 0.3 is 0 Å². The van der Waals surface area contributed by atoms with Crippen LogP contribution in [0.3, 0.4) is 0 Å². The Bertz CT molecular complexity index is 1180. The summed E-state index contributed by atoms with van der Waals surface area (Å²) < 4.78 is 8.45. The fourth-order valence-electron chi connectivity index (χ4n) is 4.61. The van der Waals surface area contributed by atoms with E-state index in [1.165, 1.54) is 21.4 Å². The molecule has 5 rings (SSSR count). The van der Waals surface area contributed by atoms with Gasteiger partial charge in [0, 0.05) is 37.3 Å². The number of nitrogens with one attached hydrogen (secondary N) is 1. The molecule has 4 heterocycles. The predicted molar refractivity (Wildman–Crippen MR) is 120 cm³/mol. The summed E-state index contributed by atoms with van der Waals surface area (Å²) in [7, 11) is 0. The van der Waals surface area contributed by atoms with Crippen molar-refractivity contribution in [2.45, 2.75) is 64.3 Å². The third-order valence-electron chi connectivity index (χ3n) is 6.36. The number of aromatic hydroxyl groups is 1. The molecule has 0 aromatic carbocycles. The Morgan fingerprint density at radius 2 is 1.94 bits per heavy atom. The van der Waals surface area contributed by atoms with Gasteiger partial charge in [-0.15, -0.1) is 0 Å². The van der Waals surface area contributed by atoms with Crippen LogP contribution in [-0.2, 0) is 16.1 Å². The lowest BCUT2D eigenvalue weighted by atomic mass is 10.2. The second kappa shape index (κ2) is 8.33. The quantitative estimate of drug-likeness (QED) is 0.631. The molecule has 33 heavy (non-hydrogen) atoms. The highest BCUT2D eigenvalue weighted by atomic mass is 16.5. The van der Waals surface area contributed by atoms with Crippen molar-refractivity contribution < 1.29 is 19.4 Å². The SMILES string of the molecule is CC(C)Cn1c(=O)c(C(=O)NC2CC2)c(O)n2ncc(/C=C/C(=O)N3CC4CCC(C3)O4)c12. The van der Waals surface area contributed by atoms with Crippen molar-refractivity contribution in [2.75, 3.05) is 13.1 Å². The minimum Gasteiger partial charge on any atom is -0.492 e. The Balaban J connectivity index is 1.50. The van der Waals surface area contributed by atoms with Crippen LogP contribution in [0, 0.1) is 5.92 Å². The molecule has 2 aromatic heterocycles. The zero-order valence-corrected chi connectivity index (χ0v) is 18.9. The number of morpholine rings is 1. The molecular formula is C23H29N5O5. The van der Waals surface area contributed by atoms with Crippen molar-refractivity contribution in [3.8, 4) is 5.88 Å². The normalized spacial score (nSPS) is 22.6. The lowest BCUT2D eigenvalue weighted by Crippen LogP contribution is -2.45. The predicted octanol–water partition coefficient (Wildman–Crippen LogP) is 1.15. The first-order valence-electron chi connectivity index (χ1n) is 11.6. The van der Waals surface area contributed by atoms with Gasteiger partial charge in [0.05, 0.1) is 18.4 Å². The number of nitrogens with zero attached hydrogens (tertiary/aromatic N) is 4. The number of carbonyl (C=O) groups is 2. The van der Waals surface area contributed by atoms with Crippen molar-refractivity contribution in [1.82, 2.24) is 24.4 Å². The van der Waals surface area contributed by atoms with E-state index in [0.717, 1.165) is 25.7 Å². The molecule has 2 aromatic rings. The average molecular weight is 456 g/mol. The molecular weight excluding hydrogens is 426 g/mol. The molecule has 176 valence electrons. The molecule has 0 spiro atoms. The highest BCUT2D eigenvalue weighted by Gasteiger charge is 2.35. The average Bonchev–Trinajstić information content (AvgIpc) is 3.37. The van der Waals surface area contributed by atoms with E-state index >= 15 is 0 Å². The van der Waals surface area contributed by atoms with Crippen LogP contribution in [-0.4, -0.2) is 67.3 Å². The molecule has 10 heteroatoms. The minimum absolute atomic E-state index is 0.0445. The summed E-state index contributed by atoms with van der Waals surface area (Å²) in [5.74, 6) is -1.11. The van der Waals surface area contributed by atoms with E-state index in [1.54, 1.807) is 11.0 Å². The van der Waals surface area contributed by atoms with E-state index in [0.29, 0.717) is 30.8 Å². The fourth-order valence-corrected chi connectivity index (χ4v) is 4.61. The van der Waals surface area contributed by atoms with Gasteiger partial charge in [-0.2, -0.15) is 9.61 Å². The third-order valence-corrected chi connectivity index (χ3v) is 6.36. The highest BCUT2D eigenvalue weighted by Crippen LogP contribution is 2.27. The molecule has 2 aliphatic heterocycles. The fraction of sp³-hybridized carbons (Fsp3) is 0.565. The van der Waals surface area contributed by atoms with Crippen molar-refractivity contribution in [3.63, 3.8) is 0 Å². The van der Waals surface area contributed by atoms with E-state index < -0.39 is 17.3 Å². The standard InChI is InChI=1S/C23H29N5O5/c1-13(2)10-27-21-14(3-8-18(29)26-11-16-6-7-17(12-26)33-16)9-24-28(21)23(32)19(22(27)31)20(30)25-15-4-5-15/h3,8-9,13,15-17,32H,4-7,10-12H2,1-2H3,(H,25,30)/b8-3+. The van der Waals surface area contributed by atoms with Crippen LogP contribution in [0.4, 0.5) is 0 Å². The van der Waals surface area contributed by atoms with Gasteiger partial charge in [-0.1, -0.05) is 13.8 Å². The second-order valence-corrected chi connectivity index (χ2v) is 9.63. The van der Waals surface area contributed by atoms with Gasteiger partial charge in [0.25, 0.3) is 11.5 Å². The van der Waals surface area contributed by atoms with Crippen LogP contribution in [0.15, 0.2) is 17.1 Å². The zero-order chi connectivity index (χ0) is 23.3. The molecule has 2 amide bonds. The van der Waals surface area contributed by atoms with Crippen LogP contribution in [0.1, 0.15) is 55.5 Å². The number of aromatic nitrogens is 3. The molecule has 2 saturated heterocycles. The Hall–Kier alpha value is -3.14. The maximum Gasteiger partial charge on any atom is 0.270 e. The second-order valence-electron chi connectivity index (χ2n) is 9.63. The molecule has 2 unspecified atom stereocenters. The van der Waals surface area contributed by atoms with Crippen molar-refractivity contribution in [3.05, 3.63) is 33.8 Å². The summed E-state index contributed by atoms with van der Waals surface area (Å²) in [5, 5.41) is 17.8. The maximum absolute atomic E-state index is 13.3. The molecule has 10 nitrogen and oxygen atoms in total. The first kappa shape index (κ1) is 21.7. The third kappa shape index (κ3) is 4.15. The van der Waals surface area contributed by atoms with Crippen LogP contribution in [0.5, 0.6) is 5.88 Å². The summed E-state index contributed by atoms with van der Waals surface area (Å²) in [6, 6.07) is 0.0445. The van der Waals surface area contributed by atoms with Gasteiger partial charge in [-0.25, -0.2) is 0 Å². The topological polar surface area (TPSA) is 118 Å². The van der Waals surface area contributed by atoms with E-state index in [2.05, 4.69) is 10.4 Å². The van der Waals surface area contributed by atoms with Gasteiger partial charge in [0.1, 0.15) is 5.65 Å². The lowest BCUT2D eigenvalue weighted by Gasteiger charge is -2.31. The Morgan fingerprint density at radius 3 is 2.58 bits per heavy atom. The van der Waals surface area contributed by atoms with Gasteiger partial charge in [0.2, 0.25) is 11.8 Å². The molecule has 1 aliphatic carbocycles. The molecule has 2 atom stereocenters. The Labute approximate surface area is 190 Å². The Kier molecular flexibility index (Phi) is 5.48. The molecule has 1 saturated carbocycles. The summed E-state index contributed by atoms with van der Waals surface area (Å²) in [6.07, 6.45) is 8.46. The number of fused-ring (bicyclic) bond motifs is 3. The van der Waals surface area contributed by atoms with Gasteiger partial charge in [-0.3, -0.25) is 19.0 Å². The number of rotatable bonds is 6. The first-order chi connectivity index (χ1) is 15.8.